The van der Waals surface area contributed by atoms with Crippen LogP contribution in [0.4, 0.5) is 5.69 Å². The lowest BCUT2D eigenvalue weighted by Crippen LogP contribution is -2.38. The first-order chi connectivity index (χ1) is 8.92. The molecular weight excluding hydrogens is 264 g/mol. The number of anilines is 1. The van der Waals surface area contributed by atoms with E-state index in [1.165, 1.54) is 0 Å². The van der Waals surface area contributed by atoms with Gasteiger partial charge in [-0.25, -0.2) is 8.42 Å². The number of hydrogen-bond donors (Lipinski definition) is 2. The van der Waals surface area contributed by atoms with Gasteiger partial charge in [0.25, 0.3) is 0 Å². The molecule has 5 nitrogen and oxygen atoms in total. The zero-order chi connectivity index (χ0) is 13.7. The molecule has 1 aromatic carbocycles. The average molecular weight is 280 g/mol. The molecule has 1 saturated heterocycles. The number of primary amides is 1. The molecule has 0 atom stereocenters. The molecule has 0 saturated carbocycles. The van der Waals surface area contributed by atoms with Crippen LogP contribution in [0.2, 0.25) is 0 Å². The van der Waals surface area contributed by atoms with Crippen molar-refractivity contribution in [3.05, 3.63) is 29.3 Å². The van der Waals surface area contributed by atoms with E-state index in [9.17, 15) is 13.2 Å². The number of nitrogens with two attached hydrogens (primary N) is 1. The van der Waals surface area contributed by atoms with Crippen LogP contribution in [-0.4, -0.2) is 32.4 Å². The highest BCUT2D eigenvalue weighted by Crippen LogP contribution is 2.44. The number of fused-ring (bicyclic) bond motifs is 2. The second kappa shape index (κ2) is 3.96. The van der Waals surface area contributed by atoms with E-state index in [1.807, 2.05) is 12.1 Å². The van der Waals surface area contributed by atoms with E-state index in [4.69, 9.17) is 5.73 Å². The van der Waals surface area contributed by atoms with Crippen LogP contribution >= 0.6 is 0 Å². The molecule has 102 valence electrons. The van der Waals surface area contributed by atoms with Gasteiger partial charge in [0.15, 0.2) is 0 Å². The van der Waals surface area contributed by atoms with Gasteiger partial charge in [-0.1, -0.05) is 0 Å². The van der Waals surface area contributed by atoms with Crippen LogP contribution in [-0.2, 0) is 15.3 Å². The first-order valence-electron chi connectivity index (χ1n) is 6.31. The van der Waals surface area contributed by atoms with Crippen LogP contribution < -0.4 is 11.1 Å². The number of carbonyl (C=O) groups is 1. The normalized spacial score (nSPS) is 22.7. The van der Waals surface area contributed by atoms with Gasteiger partial charge in [-0.2, -0.15) is 0 Å². The van der Waals surface area contributed by atoms with Crippen LogP contribution in [0.25, 0.3) is 0 Å². The molecule has 0 aromatic heterocycles. The number of carbonyl (C=O) groups excluding carboxylic acids is 1. The molecule has 1 amide bonds. The Balaban J connectivity index is 2.01. The summed E-state index contributed by atoms with van der Waals surface area (Å²) in [5.74, 6) is -0.0163. The standard InChI is InChI=1S/C13H16N2O3S/c14-12(16)9-1-2-11-10(7-9)13(8-15-11)3-5-19(17,18)6-4-13/h1-2,7,15H,3-6,8H2,(H2,14,16). The Bertz CT molecular complexity index is 638. The Morgan fingerprint density at radius 1 is 1.26 bits per heavy atom. The van der Waals surface area contributed by atoms with E-state index in [-0.39, 0.29) is 16.9 Å². The average Bonchev–Trinajstić information content (AvgIpc) is 2.72. The van der Waals surface area contributed by atoms with Crippen LogP contribution in [0.15, 0.2) is 18.2 Å². The van der Waals surface area contributed by atoms with Crippen LogP contribution in [0.5, 0.6) is 0 Å². The fourth-order valence-electron chi connectivity index (χ4n) is 3.03. The minimum absolute atomic E-state index is 0.161. The first-order valence-corrected chi connectivity index (χ1v) is 8.13. The lowest BCUT2D eigenvalue weighted by Gasteiger charge is -2.33. The summed E-state index contributed by atoms with van der Waals surface area (Å²) < 4.78 is 23.2. The molecule has 0 unspecified atom stereocenters. The molecule has 3 rings (SSSR count). The maximum atomic E-state index is 11.6. The molecule has 2 aliphatic rings. The Kier molecular flexibility index (Phi) is 2.60. The molecule has 3 N–H and O–H groups in total. The van der Waals surface area contributed by atoms with Gasteiger partial charge in [0.1, 0.15) is 9.84 Å². The van der Waals surface area contributed by atoms with Crippen molar-refractivity contribution in [3.8, 4) is 0 Å². The second-order valence-electron chi connectivity index (χ2n) is 5.41. The van der Waals surface area contributed by atoms with Crippen molar-refractivity contribution in [1.29, 1.82) is 0 Å². The van der Waals surface area contributed by atoms with Gasteiger partial charge in [-0.15, -0.1) is 0 Å². The quantitative estimate of drug-likeness (QED) is 0.790. The molecule has 0 radical (unpaired) electrons. The van der Waals surface area contributed by atoms with Crippen molar-refractivity contribution >= 4 is 21.4 Å². The molecule has 6 heteroatoms. The van der Waals surface area contributed by atoms with E-state index in [0.717, 1.165) is 17.8 Å². The summed E-state index contributed by atoms with van der Waals surface area (Å²) in [6.45, 7) is 0.736. The Morgan fingerprint density at radius 3 is 2.58 bits per heavy atom. The number of nitrogens with one attached hydrogen (secondary N) is 1. The van der Waals surface area contributed by atoms with Gasteiger partial charge in [0, 0.05) is 23.2 Å². The van der Waals surface area contributed by atoms with E-state index >= 15 is 0 Å². The molecule has 0 aliphatic carbocycles. The SMILES string of the molecule is NC(=O)c1ccc2c(c1)C1(CCS(=O)(=O)CC1)CN2. The molecule has 1 fully saturated rings. The third kappa shape index (κ3) is 2.00. The topological polar surface area (TPSA) is 89.3 Å². The van der Waals surface area contributed by atoms with Crippen LogP contribution in [0.1, 0.15) is 28.8 Å². The van der Waals surface area contributed by atoms with Crippen LogP contribution in [0, 0.1) is 0 Å². The minimum atomic E-state index is -2.89. The van der Waals surface area contributed by atoms with Crippen molar-refractivity contribution < 1.29 is 13.2 Å². The first kappa shape index (κ1) is 12.5. The molecule has 1 aromatic rings. The fourth-order valence-corrected chi connectivity index (χ4v) is 4.63. The molecule has 0 bridgehead atoms. The largest absolute Gasteiger partial charge is 0.384 e. The van der Waals surface area contributed by atoms with E-state index in [2.05, 4.69) is 5.32 Å². The smallest absolute Gasteiger partial charge is 0.248 e. The summed E-state index contributed by atoms with van der Waals surface area (Å²) in [4.78, 5) is 11.3. The summed E-state index contributed by atoms with van der Waals surface area (Å²) in [7, 11) is -2.89. The number of amides is 1. The summed E-state index contributed by atoms with van der Waals surface area (Å²) in [6.07, 6.45) is 1.22. The van der Waals surface area contributed by atoms with Gasteiger partial charge in [-0.3, -0.25) is 4.79 Å². The zero-order valence-electron chi connectivity index (χ0n) is 10.5. The third-order valence-electron chi connectivity index (χ3n) is 4.28. The summed E-state index contributed by atoms with van der Waals surface area (Å²) in [5.41, 5.74) is 7.67. The predicted molar refractivity (Wildman–Crippen MR) is 73.0 cm³/mol. The Morgan fingerprint density at radius 2 is 1.95 bits per heavy atom. The minimum Gasteiger partial charge on any atom is -0.384 e. The fraction of sp³-hybridized carbons (Fsp3) is 0.462. The third-order valence-corrected chi connectivity index (χ3v) is 5.93. The Labute approximate surface area is 112 Å². The highest BCUT2D eigenvalue weighted by molar-refractivity contribution is 7.91. The van der Waals surface area contributed by atoms with Gasteiger partial charge < -0.3 is 11.1 Å². The van der Waals surface area contributed by atoms with Gasteiger partial charge in [0.05, 0.1) is 11.5 Å². The lowest BCUT2D eigenvalue weighted by atomic mass is 9.77. The van der Waals surface area contributed by atoms with Gasteiger partial charge in [-0.05, 0) is 36.6 Å². The predicted octanol–water partition coefficient (Wildman–Crippen LogP) is 0.657. The van der Waals surface area contributed by atoms with Gasteiger partial charge in [0.2, 0.25) is 5.91 Å². The molecule has 2 aliphatic heterocycles. The maximum Gasteiger partial charge on any atom is 0.248 e. The molecule has 19 heavy (non-hydrogen) atoms. The number of sulfone groups is 1. The van der Waals surface area contributed by atoms with Gasteiger partial charge >= 0.3 is 0 Å². The van der Waals surface area contributed by atoms with Crippen molar-refractivity contribution in [3.63, 3.8) is 0 Å². The Hall–Kier alpha value is -1.56. The number of rotatable bonds is 1. The monoisotopic (exact) mass is 280 g/mol. The van der Waals surface area contributed by atoms with E-state index in [1.54, 1.807) is 6.07 Å². The van der Waals surface area contributed by atoms with Crippen molar-refractivity contribution in [2.24, 2.45) is 5.73 Å². The second-order valence-corrected chi connectivity index (χ2v) is 7.71. The summed E-state index contributed by atoms with van der Waals surface area (Å²) in [6, 6.07) is 5.37. The molecular formula is C13H16N2O3S. The zero-order valence-corrected chi connectivity index (χ0v) is 11.3. The van der Waals surface area contributed by atoms with Crippen molar-refractivity contribution in [2.45, 2.75) is 18.3 Å². The van der Waals surface area contributed by atoms with E-state index in [0.29, 0.717) is 18.4 Å². The number of hydrogen-bond acceptors (Lipinski definition) is 4. The molecule has 2 heterocycles. The van der Waals surface area contributed by atoms with Crippen molar-refractivity contribution in [1.82, 2.24) is 0 Å². The summed E-state index contributed by atoms with van der Waals surface area (Å²) >= 11 is 0. The number of benzene rings is 1. The lowest BCUT2D eigenvalue weighted by molar-refractivity contribution is 0.1000. The van der Waals surface area contributed by atoms with E-state index < -0.39 is 15.7 Å². The maximum absolute atomic E-state index is 11.6. The highest BCUT2D eigenvalue weighted by Gasteiger charge is 2.43. The van der Waals surface area contributed by atoms with Crippen molar-refractivity contribution in [2.75, 3.05) is 23.4 Å². The molecule has 1 spiro atoms. The summed E-state index contributed by atoms with van der Waals surface area (Å²) in [5, 5.41) is 3.31. The highest BCUT2D eigenvalue weighted by atomic mass is 32.2. The van der Waals surface area contributed by atoms with Crippen LogP contribution in [0.3, 0.4) is 0 Å².